The molecule has 1 N–H and O–H groups in total. The summed E-state index contributed by atoms with van der Waals surface area (Å²) in [4.78, 5) is 11.8. The van der Waals surface area contributed by atoms with E-state index in [-0.39, 0.29) is 17.2 Å². The Bertz CT molecular complexity index is 779. The predicted octanol–water partition coefficient (Wildman–Crippen LogP) is 3.59. The maximum Gasteiger partial charge on any atom is 0.435 e. The fourth-order valence-electron chi connectivity index (χ4n) is 1.99. The van der Waals surface area contributed by atoms with Crippen LogP contribution in [-0.2, 0) is 11.0 Å². The molecule has 24 heavy (non-hydrogen) atoms. The molecule has 5 nitrogen and oxygen atoms in total. The lowest BCUT2D eigenvalue weighted by Gasteiger charge is -2.08. The van der Waals surface area contributed by atoms with Crippen LogP contribution in [0.5, 0.6) is 11.5 Å². The number of allylic oxidation sites excluding steroid dienone is 1. The first-order chi connectivity index (χ1) is 11.2. The monoisotopic (exact) mass is 340 g/mol. The Morgan fingerprint density at radius 1 is 1.38 bits per heavy atom. The minimum atomic E-state index is -4.59. The molecule has 1 heterocycles. The van der Waals surface area contributed by atoms with Crippen LogP contribution in [0, 0.1) is 0 Å². The summed E-state index contributed by atoms with van der Waals surface area (Å²) in [6.45, 7) is 3.30. The van der Waals surface area contributed by atoms with Gasteiger partial charge in [-0.3, -0.25) is 4.79 Å². The normalized spacial score (nSPS) is 12.3. The third kappa shape index (κ3) is 3.95. The van der Waals surface area contributed by atoms with Crippen LogP contribution >= 0.6 is 0 Å². The summed E-state index contributed by atoms with van der Waals surface area (Å²) >= 11 is 0. The molecule has 8 heteroatoms. The van der Waals surface area contributed by atoms with Gasteiger partial charge in [-0.15, -0.1) is 0 Å². The predicted molar refractivity (Wildman–Crippen MR) is 81.4 cm³/mol. The van der Waals surface area contributed by atoms with Gasteiger partial charge in [-0.2, -0.15) is 18.3 Å². The van der Waals surface area contributed by atoms with Gasteiger partial charge in [0, 0.05) is 13.1 Å². The molecule has 0 atom stereocenters. The first-order valence-electron chi connectivity index (χ1n) is 7.04. The number of ether oxygens (including phenoxy) is 1. The number of hydrogen-bond donors (Lipinski definition) is 1. The Hall–Kier alpha value is -2.77. The van der Waals surface area contributed by atoms with E-state index in [4.69, 9.17) is 4.74 Å². The number of hydrogen-bond acceptors (Lipinski definition) is 4. The quantitative estimate of drug-likeness (QED) is 0.845. The number of phenols is 1. The van der Waals surface area contributed by atoms with Crippen molar-refractivity contribution in [3.8, 4) is 11.5 Å². The molecule has 128 valence electrons. The van der Waals surface area contributed by atoms with Crippen LogP contribution in [-0.4, -0.2) is 27.3 Å². The second-order valence-corrected chi connectivity index (χ2v) is 4.89. The topological polar surface area (TPSA) is 64.4 Å². The van der Waals surface area contributed by atoms with E-state index in [0.29, 0.717) is 12.2 Å². The van der Waals surface area contributed by atoms with Crippen LogP contribution in [0.25, 0.3) is 11.8 Å². The Kier molecular flexibility index (Phi) is 4.96. The third-order valence-corrected chi connectivity index (χ3v) is 3.07. The van der Waals surface area contributed by atoms with Crippen molar-refractivity contribution in [3.63, 3.8) is 0 Å². The molecule has 1 aromatic carbocycles. The molecule has 0 fully saturated rings. The number of ketones is 1. The molecule has 2 rings (SSSR count). The molecule has 0 aliphatic heterocycles. The van der Waals surface area contributed by atoms with Crippen molar-refractivity contribution in [3.05, 3.63) is 41.7 Å². The maximum atomic E-state index is 12.7. The van der Waals surface area contributed by atoms with Crippen molar-refractivity contribution in [1.29, 1.82) is 0 Å². The van der Waals surface area contributed by atoms with Gasteiger partial charge in [0.1, 0.15) is 5.70 Å². The minimum absolute atomic E-state index is 0.0429. The zero-order valence-electron chi connectivity index (χ0n) is 13.0. The average Bonchev–Trinajstić information content (AvgIpc) is 2.97. The SMILES string of the molecule is CCOc1cc(/C=C(\C(C)=O)n2ccc(C(F)(F)F)n2)ccc1O. The Morgan fingerprint density at radius 2 is 2.08 bits per heavy atom. The number of alkyl halides is 3. The van der Waals surface area contributed by atoms with Crippen LogP contribution in [0.2, 0.25) is 0 Å². The highest BCUT2D eigenvalue weighted by Crippen LogP contribution is 2.30. The number of carbonyl (C=O) groups is 1. The summed E-state index contributed by atoms with van der Waals surface area (Å²) < 4.78 is 44.1. The molecule has 0 bridgehead atoms. The molecule has 2 aromatic rings. The fraction of sp³-hybridized carbons (Fsp3) is 0.250. The third-order valence-electron chi connectivity index (χ3n) is 3.07. The van der Waals surface area contributed by atoms with Crippen molar-refractivity contribution in [2.24, 2.45) is 0 Å². The summed E-state index contributed by atoms with van der Waals surface area (Å²) in [5, 5.41) is 13.1. The number of rotatable bonds is 5. The molecular weight excluding hydrogens is 325 g/mol. The number of nitrogens with zero attached hydrogens (tertiary/aromatic N) is 2. The number of carbonyl (C=O) groups excluding carboxylic acids is 1. The van der Waals surface area contributed by atoms with Gasteiger partial charge >= 0.3 is 6.18 Å². The van der Waals surface area contributed by atoms with Crippen LogP contribution < -0.4 is 4.74 Å². The Morgan fingerprint density at radius 3 is 2.62 bits per heavy atom. The van der Waals surface area contributed by atoms with Crippen molar-refractivity contribution in [1.82, 2.24) is 9.78 Å². The van der Waals surface area contributed by atoms with E-state index < -0.39 is 17.7 Å². The van der Waals surface area contributed by atoms with E-state index in [1.165, 1.54) is 31.2 Å². The molecule has 0 unspecified atom stereocenters. The standard InChI is InChI=1S/C16H15F3N2O3/c1-3-24-14-9-11(4-5-13(14)23)8-12(10(2)22)21-7-6-15(20-21)16(17,18)19/h4-9,23H,3H2,1-2H3/b12-8+. The summed E-state index contributed by atoms with van der Waals surface area (Å²) in [5.74, 6) is -0.319. The highest BCUT2D eigenvalue weighted by molar-refractivity contribution is 6.18. The van der Waals surface area contributed by atoms with Crippen molar-refractivity contribution >= 4 is 17.6 Å². The molecule has 0 amide bonds. The van der Waals surface area contributed by atoms with Gasteiger partial charge in [0.2, 0.25) is 0 Å². The van der Waals surface area contributed by atoms with Gasteiger partial charge in [0.25, 0.3) is 0 Å². The van der Waals surface area contributed by atoms with Gasteiger partial charge in [-0.05, 0) is 36.8 Å². The van der Waals surface area contributed by atoms with Crippen LogP contribution in [0.15, 0.2) is 30.5 Å². The maximum absolute atomic E-state index is 12.7. The second kappa shape index (κ2) is 6.77. The Balaban J connectivity index is 2.44. The van der Waals surface area contributed by atoms with Gasteiger partial charge in [0.15, 0.2) is 23.0 Å². The van der Waals surface area contributed by atoms with Crippen molar-refractivity contribution in [2.75, 3.05) is 6.61 Å². The van der Waals surface area contributed by atoms with Crippen LogP contribution in [0.1, 0.15) is 25.1 Å². The number of benzene rings is 1. The molecule has 0 radical (unpaired) electrons. The highest BCUT2D eigenvalue weighted by Gasteiger charge is 2.34. The lowest BCUT2D eigenvalue weighted by Crippen LogP contribution is -2.10. The summed E-state index contributed by atoms with van der Waals surface area (Å²) in [6, 6.07) is 5.16. The minimum Gasteiger partial charge on any atom is -0.504 e. The molecule has 0 spiro atoms. The van der Waals surface area contributed by atoms with Gasteiger partial charge in [0.05, 0.1) is 6.61 Å². The molecule has 0 saturated carbocycles. The first-order valence-corrected chi connectivity index (χ1v) is 7.04. The first kappa shape index (κ1) is 17.6. The number of halogens is 3. The molecule has 1 aromatic heterocycles. The lowest BCUT2D eigenvalue weighted by atomic mass is 10.1. The molecule has 0 saturated heterocycles. The Labute approximate surface area is 136 Å². The van der Waals surface area contributed by atoms with Gasteiger partial charge < -0.3 is 9.84 Å². The lowest BCUT2D eigenvalue weighted by molar-refractivity contribution is -0.141. The number of aromatic hydroxyl groups is 1. The fourth-order valence-corrected chi connectivity index (χ4v) is 1.99. The number of Topliss-reactive ketones (excluding diaryl/α,β-unsaturated/α-hetero) is 1. The summed E-state index contributed by atoms with van der Waals surface area (Å²) in [6.07, 6.45) is -2.15. The van der Waals surface area contributed by atoms with Crippen molar-refractivity contribution < 1.29 is 27.8 Å². The van der Waals surface area contributed by atoms with E-state index in [1.807, 2.05) is 0 Å². The zero-order chi connectivity index (χ0) is 17.9. The van der Waals surface area contributed by atoms with Gasteiger partial charge in [-0.25, -0.2) is 4.68 Å². The van der Waals surface area contributed by atoms with E-state index in [1.54, 1.807) is 6.92 Å². The van der Waals surface area contributed by atoms with Gasteiger partial charge in [-0.1, -0.05) is 6.07 Å². The van der Waals surface area contributed by atoms with Crippen molar-refractivity contribution in [2.45, 2.75) is 20.0 Å². The number of phenolic OH excluding ortho intramolecular Hbond substituents is 1. The van der Waals surface area contributed by atoms with E-state index in [9.17, 15) is 23.1 Å². The summed E-state index contributed by atoms with van der Waals surface area (Å²) in [5.41, 5.74) is -0.653. The molecule has 0 aliphatic carbocycles. The van der Waals surface area contributed by atoms with Crippen LogP contribution in [0.3, 0.4) is 0 Å². The largest absolute Gasteiger partial charge is 0.504 e. The highest BCUT2D eigenvalue weighted by atomic mass is 19.4. The van der Waals surface area contributed by atoms with Crippen LogP contribution in [0.4, 0.5) is 13.2 Å². The van der Waals surface area contributed by atoms with E-state index >= 15 is 0 Å². The smallest absolute Gasteiger partial charge is 0.435 e. The summed E-state index contributed by atoms with van der Waals surface area (Å²) in [7, 11) is 0. The zero-order valence-corrected chi connectivity index (χ0v) is 13.0. The number of aromatic nitrogens is 2. The average molecular weight is 340 g/mol. The second-order valence-electron chi connectivity index (χ2n) is 4.89. The molecule has 0 aliphatic rings. The van der Waals surface area contributed by atoms with E-state index in [2.05, 4.69) is 5.10 Å². The molecular formula is C16H15F3N2O3. The van der Waals surface area contributed by atoms with E-state index in [0.717, 1.165) is 16.9 Å².